The molecule has 1 rings (SSSR count). The number of hydrogen-bond acceptors (Lipinski definition) is 2. The van der Waals surface area contributed by atoms with Crippen molar-refractivity contribution in [1.29, 1.82) is 0 Å². The van der Waals surface area contributed by atoms with Crippen LogP contribution in [0.4, 0.5) is 0 Å². The summed E-state index contributed by atoms with van der Waals surface area (Å²) in [5, 5.41) is 0. The molecule has 0 N–H and O–H groups in total. The van der Waals surface area contributed by atoms with E-state index in [0.29, 0.717) is 25.2 Å². The van der Waals surface area contributed by atoms with Gasteiger partial charge in [0.25, 0.3) is 0 Å². The van der Waals surface area contributed by atoms with Gasteiger partial charge in [-0.05, 0) is 0 Å². The minimum absolute atomic E-state index is 0.319. The number of rotatable bonds is 2. The van der Waals surface area contributed by atoms with Gasteiger partial charge in [-0.3, -0.25) is 0 Å². The molecular formula is C6H10Cl2O2. The molecule has 1 heterocycles. The maximum absolute atomic E-state index is 5.67. The Labute approximate surface area is 70.4 Å². The third-order valence-corrected chi connectivity index (χ3v) is 2.61. The van der Waals surface area contributed by atoms with Gasteiger partial charge in [-0.15, -0.1) is 23.2 Å². The molecule has 2 nitrogen and oxygen atoms in total. The molecule has 0 aromatic carbocycles. The second kappa shape index (κ2) is 3.77. The highest BCUT2D eigenvalue weighted by Gasteiger charge is 2.31. The predicted octanol–water partition coefficient (Wildman–Crippen LogP) is 1.60. The van der Waals surface area contributed by atoms with Crippen LogP contribution in [0.3, 0.4) is 0 Å². The monoisotopic (exact) mass is 184 g/mol. The zero-order valence-corrected chi connectivity index (χ0v) is 7.12. The van der Waals surface area contributed by atoms with Crippen molar-refractivity contribution in [3.8, 4) is 0 Å². The van der Waals surface area contributed by atoms with Gasteiger partial charge < -0.3 is 9.47 Å². The van der Waals surface area contributed by atoms with Gasteiger partial charge in [0.05, 0.1) is 18.4 Å². The van der Waals surface area contributed by atoms with Crippen molar-refractivity contribution in [3.05, 3.63) is 0 Å². The number of alkyl halides is 2. The summed E-state index contributed by atoms with van der Waals surface area (Å²) in [7, 11) is 0. The van der Waals surface area contributed by atoms with Gasteiger partial charge in [0, 0.05) is 6.42 Å². The van der Waals surface area contributed by atoms with Crippen molar-refractivity contribution in [2.45, 2.75) is 12.0 Å². The van der Waals surface area contributed by atoms with E-state index in [4.69, 9.17) is 32.7 Å². The van der Waals surface area contributed by atoms with E-state index < -0.39 is 0 Å². The number of ether oxygens (including phenoxy) is 2. The molecule has 0 aliphatic carbocycles. The molecule has 10 heavy (non-hydrogen) atoms. The summed E-state index contributed by atoms with van der Waals surface area (Å²) in [6.45, 7) is 1.01. The molecule has 1 saturated heterocycles. The van der Waals surface area contributed by atoms with Crippen molar-refractivity contribution in [3.63, 3.8) is 0 Å². The highest BCUT2D eigenvalue weighted by Crippen LogP contribution is 2.23. The molecular weight excluding hydrogens is 175 g/mol. The summed E-state index contributed by atoms with van der Waals surface area (Å²) >= 11 is 11.3. The normalized spacial score (nSPS) is 24.6. The van der Waals surface area contributed by atoms with Crippen LogP contribution in [0.2, 0.25) is 0 Å². The maximum Gasteiger partial charge on any atom is 0.147 e. The van der Waals surface area contributed by atoms with Crippen molar-refractivity contribution in [2.75, 3.05) is 25.2 Å². The summed E-state index contributed by atoms with van der Waals surface area (Å²) in [6, 6.07) is 0. The first-order valence-electron chi connectivity index (χ1n) is 3.17. The van der Waals surface area contributed by atoms with E-state index in [1.54, 1.807) is 0 Å². The van der Waals surface area contributed by atoms with Crippen LogP contribution in [0.1, 0.15) is 6.42 Å². The largest absolute Gasteiger partial charge is 0.355 e. The van der Waals surface area contributed by atoms with E-state index in [1.165, 1.54) is 0 Å². The van der Waals surface area contributed by atoms with Gasteiger partial charge in [0.15, 0.2) is 0 Å². The average molecular weight is 185 g/mol. The average Bonchev–Trinajstić information content (AvgIpc) is 2.06. The summed E-state index contributed by atoms with van der Waals surface area (Å²) < 4.78 is 10.3. The molecule has 0 radical (unpaired) electrons. The number of hydrogen-bond donors (Lipinski definition) is 0. The highest BCUT2D eigenvalue weighted by atomic mass is 35.5. The van der Waals surface area contributed by atoms with E-state index in [9.17, 15) is 0 Å². The first kappa shape index (κ1) is 8.60. The summed E-state index contributed by atoms with van der Waals surface area (Å²) in [4.78, 5) is 0. The smallest absolute Gasteiger partial charge is 0.147 e. The third kappa shape index (κ3) is 1.76. The highest BCUT2D eigenvalue weighted by molar-refractivity contribution is 6.21. The van der Waals surface area contributed by atoms with Crippen LogP contribution in [-0.2, 0) is 9.47 Å². The molecule has 60 valence electrons. The minimum atomic E-state index is -0.332. The summed E-state index contributed by atoms with van der Waals surface area (Å²) in [6.07, 6.45) is 0.792. The summed E-state index contributed by atoms with van der Waals surface area (Å²) in [5.41, 5.74) is -0.332. The van der Waals surface area contributed by atoms with Crippen molar-refractivity contribution in [2.24, 2.45) is 0 Å². The Hall–Kier alpha value is 0.500. The second-order valence-corrected chi connectivity index (χ2v) is 2.91. The Morgan fingerprint density at radius 1 is 1.30 bits per heavy atom. The van der Waals surface area contributed by atoms with E-state index in [2.05, 4.69) is 0 Å². The second-order valence-electron chi connectivity index (χ2n) is 2.37. The van der Waals surface area contributed by atoms with E-state index in [-0.39, 0.29) is 5.60 Å². The van der Waals surface area contributed by atoms with Gasteiger partial charge in [-0.2, -0.15) is 0 Å². The maximum atomic E-state index is 5.67. The molecule has 0 spiro atoms. The standard InChI is InChI=1S/C6H10Cl2O2/c7-3-6(4-8)1-2-9-5-10-6/h1-5H2. The lowest BCUT2D eigenvalue weighted by Gasteiger charge is -2.33. The fourth-order valence-corrected chi connectivity index (χ4v) is 1.51. The molecule has 0 saturated carbocycles. The molecule has 1 aliphatic rings. The van der Waals surface area contributed by atoms with Gasteiger partial charge in [0.2, 0.25) is 0 Å². The van der Waals surface area contributed by atoms with E-state index >= 15 is 0 Å². The first-order chi connectivity index (χ1) is 4.83. The molecule has 0 amide bonds. The Balaban J connectivity index is 2.44. The Morgan fingerprint density at radius 2 is 2.00 bits per heavy atom. The molecule has 4 heteroatoms. The van der Waals surface area contributed by atoms with Gasteiger partial charge in [-0.25, -0.2) is 0 Å². The van der Waals surface area contributed by atoms with Crippen LogP contribution in [0.15, 0.2) is 0 Å². The number of halogens is 2. The molecule has 0 bridgehead atoms. The quantitative estimate of drug-likeness (QED) is 0.608. The molecule has 0 aromatic rings. The third-order valence-electron chi connectivity index (χ3n) is 1.64. The van der Waals surface area contributed by atoms with Crippen molar-refractivity contribution < 1.29 is 9.47 Å². The predicted molar refractivity (Wildman–Crippen MR) is 40.7 cm³/mol. The van der Waals surface area contributed by atoms with Gasteiger partial charge in [-0.1, -0.05) is 0 Å². The fourth-order valence-electron chi connectivity index (χ4n) is 0.802. The van der Waals surface area contributed by atoms with Gasteiger partial charge >= 0.3 is 0 Å². The molecule has 1 fully saturated rings. The molecule has 0 atom stereocenters. The zero-order chi connectivity index (χ0) is 7.45. The van der Waals surface area contributed by atoms with Crippen LogP contribution in [0.25, 0.3) is 0 Å². The lowest BCUT2D eigenvalue weighted by atomic mass is 10.1. The van der Waals surface area contributed by atoms with Gasteiger partial charge in [0.1, 0.15) is 12.4 Å². The Bertz CT molecular complexity index is 95.9. The van der Waals surface area contributed by atoms with E-state index in [1.807, 2.05) is 0 Å². The first-order valence-corrected chi connectivity index (χ1v) is 4.23. The fraction of sp³-hybridized carbons (Fsp3) is 1.00. The summed E-state index contributed by atoms with van der Waals surface area (Å²) in [5.74, 6) is 0.889. The Kier molecular flexibility index (Phi) is 3.24. The van der Waals surface area contributed by atoms with E-state index in [0.717, 1.165) is 6.42 Å². The lowest BCUT2D eigenvalue weighted by Crippen LogP contribution is -2.42. The topological polar surface area (TPSA) is 18.5 Å². The zero-order valence-electron chi connectivity index (χ0n) is 5.61. The Morgan fingerprint density at radius 3 is 2.30 bits per heavy atom. The molecule has 0 aromatic heterocycles. The molecule has 0 unspecified atom stereocenters. The van der Waals surface area contributed by atoms with Crippen LogP contribution in [-0.4, -0.2) is 30.8 Å². The lowest BCUT2D eigenvalue weighted by molar-refractivity contribution is -0.175. The van der Waals surface area contributed by atoms with Crippen LogP contribution in [0.5, 0.6) is 0 Å². The van der Waals surface area contributed by atoms with Crippen molar-refractivity contribution in [1.82, 2.24) is 0 Å². The minimum Gasteiger partial charge on any atom is -0.355 e. The van der Waals surface area contributed by atoms with Crippen molar-refractivity contribution >= 4 is 23.2 Å². The molecule has 1 aliphatic heterocycles. The van der Waals surface area contributed by atoms with Crippen LogP contribution < -0.4 is 0 Å². The van der Waals surface area contributed by atoms with Crippen LogP contribution in [0, 0.1) is 0 Å². The SMILES string of the molecule is ClCC1(CCl)CCOCO1. The van der Waals surface area contributed by atoms with Crippen LogP contribution >= 0.6 is 23.2 Å².